The van der Waals surface area contributed by atoms with Crippen molar-refractivity contribution < 1.29 is 0 Å². The van der Waals surface area contributed by atoms with Crippen molar-refractivity contribution in [3.63, 3.8) is 0 Å². The van der Waals surface area contributed by atoms with Crippen LogP contribution in [0, 0.1) is 11.8 Å². The van der Waals surface area contributed by atoms with Gasteiger partial charge in [-0.1, -0.05) is 29.8 Å². The van der Waals surface area contributed by atoms with Crippen LogP contribution in [0.1, 0.15) is 45.2 Å². The van der Waals surface area contributed by atoms with Crippen LogP contribution in [0.4, 0.5) is 0 Å². The fourth-order valence-corrected chi connectivity index (χ4v) is 4.36. The molecule has 1 aliphatic carbocycles. The van der Waals surface area contributed by atoms with Crippen molar-refractivity contribution in [2.45, 2.75) is 45.2 Å². The monoisotopic (exact) mass is 292 g/mol. The molecule has 0 unspecified atom stereocenters. The van der Waals surface area contributed by atoms with Gasteiger partial charge in [-0.25, -0.2) is 0 Å². The fourth-order valence-electron chi connectivity index (χ4n) is 4.36. The number of pyridine rings is 1. The quantitative estimate of drug-likeness (QED) is 0.775. The van der Waals surface area contributed by atoms with Crippen molar-refractivity contribution in [3.8, 4) is 0 Å². The van der Waals surface area contributed by atoms with Crippen LogP contribution >= 0.6 is 0 Å². The molecule has 0 saturated carbocycles. The fraction of sp³-hybridized carbons (Fsp3) is 0.450. The van der Waals surface area contributed by atoms with Gasteiger partial charge < -0.3 is 5.32 Å². The van der Waals surface area contributed by atoms with Crippen LogP contribution in [0.25, 0.3) is 10.9 Å². The van der Waals surface area contributed by atoms with Crippen molar-refractivity contribution in [2.24, 2.45) is 11.8 Å². The van der Waals surface area contributed by atoms with E-state index in [2.05, 4.69) is 67.5 Å². The molecule has 1 aliphatic heterocycles. The molecule has 1 saturated heterocycles. The van der Waals surface area contributed by atoms with Crippen LogP contribution in [0.15, 0.2) is 48.2 Å². The van der Waals surface area contributed by atoms with Crippen molar-refractivity contribution in [1.82, 2.24) is 10.3 Å². The number of nitrogens with zero attached hydrogens (tertiary/aromatic N) is 1. The van der Waals surface area contributed by atoms with E-state index in [1.54, 1.807) is 5.57 Å². The lowest BCUT2D eigenvalue weighted by Crippen LogP contribution is -2.55. The van der Waals surface area contributed by atoms with Crippen LogP contribution in [-0.4, -0.2) is 10.5 Å². The number of benzene rings is 1. The lowest BCUT2D eigenvalue weighted by atomic mass is 9.65. The van der Waals surface area contributed by atoms with Crippen molar-refractivity contribution in [2.75, 3.05) is 0 Å². The zero-order valence-corrected chi connectivity index (χ0v) is 13.6. The third-order valence-electron chi connectivity index (χ3n) is 5.82. The summed E-state index contributed by atoms with van der Waals surface area (Å²) in [5, 5.41) is 5.25. The molecule has 4 rings (SSSR count). The van der Waals surface area contributed by atoms with Crippen LogP contribution < -0.4 is 5.32 Å². The topological polar surface area (TPSA) is 24.9 Å². The van der Waals surface area contributed by atoms with Crippen molar-refractivity contribution in [3.05, 3.63) is 53.7 Å². The van der Waals surface area contributed by atoms with Gasteiger partial charge >= 0.3 is 0 Å². The van der Waals surface area contributed by atoms with Gasteiger partial charge in [-0.15, -0.1) is 0 Å². The number of rotatable bonds is 1. The summed E-state index contributed by atoms with van der Waals surface area (Å²) in [5.41, 5.74) is 4.23. The molecule has 0 amide bonds. The van der Waals surface area contributed by atoms with Gasteiger partial charge in [0.15, 0.2) is 0 Å². The van der Waals surface area contributed by atoms with E-state index in [9.17, 15) is 0 Å². The second-order valence-electron chi connectivity index (χ2n) is 7.48. The molecule has 114 valence electrons. The van der Waals surface area contributed by atoms with E-state index < -0.39 is 0 Å². The molecular weight excluding hydrogens is 268 g/mol. The van der Waals surface area contributed by atoms with Gasteiger partial charge in [0.1, 0.15) is 0 Å². The minimum atomic E-state index is 0.183. The summed E-state index contributed by atoms with van der Waals surface area (Å²) in [6.07, 6.45) is 6.94. The molecule has 2 aromatic rings. The molecule has 22 heavy (non-hydrogen) atoms. The Hall–Kier alpha value is -1.67. The summed E-state index contributed by atoms with van der Waals surface area (Å²) in [4.78, 5) is 4.53. The van der Waals surface area contributed by atoms with Crippen molar-refractivity contribution >= 4 is 10.9 Å². The number of hydrogen-bond acceptors (Lipinski definition) is 2. The Morgan fingerprint density at radius 1 is 1.18 bits per heavy atom. The van der Waals surface area contributed by atoms with E-state index in [1.165, 1.54) is 23.8 Å². The number of nitrogens with one attached hydrogen (secondary N) is 1. The maximum atomic E-state index is 4.53. The van der Waals surface area contributed by atoms with E-state index in [-0.39, 0.29) is 5.54 Å². The highest BCUT2D eigenvalue weighted by atomic mass is 15.0. The Kier molecular flexibility index (Phi) is 3.12. The zero-order valence-electron chi connectivity index (χ0n) is 13.6. The van der Waals surface area contributed by atoms with Gasteiger partial charge in [0.05, 0.1) is 5.52 Å². The predicted octanol–water partition coefficient (Wildman–Crippen LogP) is 4.63. The first kappa shape index (κ1) is 14.0. The lowest BCUT2D eigenvalue weighted by molar-refractivity contribution is 0.110. The van der Waals surface area contributed by atoms with Crippen molar-refractivity contribution in [1.29, 1.82) is 0 Å². The van der Waals surface area contributed by atoms with E-state index in [0.29, 0.717) is 12.0 Å². The third kappa shape index (κ3) is 2.09. The molecule has 2 heterocycles. The molecule has 2 bridgehead atoms. The standard InChI is InChI=1S/C20H24N2/c1-13-8-9-14-12-17(13)19(22-20(14,2)3)16-10-11-21-18-7-5-4-6-15(16)18/h4-8,10-11,14,17,19,22H,9,12H2,1-3H3/t14-,17-,19-/m1/s1. The summed E-state index contributed by atoms with van der Waals surface area (Å²) in [7, 11) is 0. The van der Waals surface area contributed by atoms with Gasteiger partial charge in [0, 0.05) is 23.2 Å². The summed E-state index contributed by atoms with van der Waals surface area (Å²) in [5.74, 6) is 1.35. The first-order valence-electron chi connectivity index (χ1n) is 8.34. The molecule has 1 aromatic carbocycles. The molecular formula is C20H24N2. The molecule has 1 aromatic heterocycles. The minimum Gasteiger partial charge on any atom is -0.304 e. The van der Waals surface area contributed by atoms with E-state index >= 15 is 0 Å². The Morgan fingerprint density at radius 3 is 2.86 bits per heavy atom. The maximum absolute atomic E-state index is 4.53. The van der Waals surface area contributed by atoms with Crippen LogP contribution in [-0.2, 0) is 0 Å². The number of allylic oxidation sites excluding steroid dienone is 1. The first-order chi connectivity index (χ1) is 10.6. The highest BCUT2D eigenvalue weighted by Gasteiger charge is 2.44. The Labute approximate surface area is 132 Å². The summed E-state index contributed by atoms with van der Waals surface area (Å²) >= 11 is 0. The van der Waals surface area contributed by atoms with E-state index in [1.807, 2.05) is 6.20 Å². The number of aromatic nitrogens is 1. The summed E-state index contributed by atoms with van der Waals surface area (Å²) in [6, 6.07) is 11.1. The minimum absolute atomic E-state index is 0.183. The van der Waals surface area contributed by atoms with E-state index in [0.717, 1.165) is 11.4 Å². The number of piperidine rings is 1. The smallest absolute Gasteiger partial charge is 0.0705 e. The number of fused-ring (bicyclic) bond motifs is 3. The molecule has 2 heteroatoms. The van der Waals surface area contributed by atoms with Crippen LogP contribution in [0.2, 0.25) is 0 Å². The Morgan fingerprint density at radius 2 is 2.00 bits per heavy atom. The second kappa shape index (κ2) is 4.92. The maximum Gasteiger partial charge on any atom is 0.0705 e. The first-order valence-corrected chi connectivity index (χ1v) is 8.34. The van der Waals surface area contributed by atoms with Gasteiger partial charge in [0.2, 0.25) is 0 Å². The van der Waals surface area contributed by atoms with E-state index in [4.69, 9.17) is 0 Å². The molecule has 1 fully saturated rings. The van der Waals surface area contributed by atoms with Crippen LogP contribution in [0.3, 0.4) is 0 Å². The number of hydrogen-bond donors (Lipinski definition) is 1. The lowest BCUT2D eigenvalue weighted by Gasteiger charge is -2.50. The largest absolute Gasteiger partial charge is 0.304 e. The van der Waals surface area contributed by atoms with Gasteiger partial charge in [0.25, 0.3) is 0 Å². The highest BCUT2D eigenvalue weighted by Crippen LogP contribution is 2.47. The average Bonchev–Trinajstić information content (AvgIpc) is 2.52. The Bertz CT molecular complexity index is 739. The van der Waals surface area contributed by atoms with Gasteiger partial charge in [-0.2, -0.15) is 0 Å². The summed E-state index contributed by atoms with van der Waals surface area (Å²) < 4.78 is 0. The predicted molar refractivity (Wildman–Crippen MR) is 91.7 cm³/mol. The van der Waals surface area contributed by atoms with Gasteiger partial charge in [-0.05, 0) is 63.1 Å². The average molecular weight is 292 g/mol. The third-order valence-corrected chi connectivity index (χ3v) is 5.82. The summed E-state index contributed by atoms with van der Waals surface area (Å²) in [6.45, 7) is 7.02. The molecule has 0 spiro atoms. The SMILES string of the molecule is CC1=CC[C@@H]2C[C@H]1[C@@H](c1ccnc3ccccc13)NC2(C)C. The molecule has 1 N–H and O–H groups in total. The molecule has 2 nitrogen and oxygen atoms in total. The zero-order chi connectivity index (χ0) is 15.3. The Balaban J connectivity index is 1.86. The number of para-hydroxylation sites is 1. The van der Waals surface area contributed by atoms with Crippen LogP contribution in [0.5, 0.6) is 0 Å². The second-order valence-corrected chi connectivity index (χ2v) is 7.48. The molecule has 3 atom stereocenters. The van der Waals surface area contributed by atoms with Gasteiger partial charge in [-0.3, -0.25) is 4.98 Å². The highest BCUT2D eigenvalue weighted by molar-refractivity contribution is 5.82. The normalized spacial score (nSPS) is 30.1. The molecule has 0 radical (unpaired) electrons. The molecule has 2 aliphatic rings.